The molecule has 0 aromatic rings. The van der Waals surface area contributed by atoms with Gasteiger partial charge in [-0.25, -0.2) is 4.79 Å². The molecule has 0 aliphatic heterocycles. The SMILES string of the molecule is COC(=O)NCCC[Si]C(OC)OC. The summed E-state index contributed by atoms with van der Waals surface area (Å²) in [6, 6.07) is 0.969. The molecule has 1 N–H and O–H groups in total. The van der Waals surface area contributed by atoms with Crippen LogP contribution in [0.25, 0.3) is 0 Å². The number of alkyl carbamates (subject to hydrolysis) is 1. The number of ether oxygens (including phenoxy) is 3. The van der Waals surface area contributed by atoms with Crippen molar-refractivity contribution in [2.75, 3.05) is 27.9 Å². The number of nitrogens with one attached hydrogen (secondary N) is 1. The molecule has 6 heteroatoms. The third kappa shape index (κ3) is 6.87. The molecule has 0 fully saturated rings. The molecule has 0 saturated carbocycles. The van der Waals surface area contributed by atoms with E-state index >= 15 is 0 Å². The van der Waals surface area contributed by atoms with Crippen LogP contribution in [0.3, 0.4) is 0 Å². The molecule has 14 heavy (non-hydrogen) atoms. The monoisotopic (exact) mass is 219 g/mol. The van der Waals surface area contributed by atoms with Gasteiger partial charge >= 0.3 is 6.09 Å². The molecular formula is C8H17NO4Si. The van der Waals surface area contributed by atoms with Gasteiger partial charge in [0.2, 0.25) is 0 Å². The average Bonchev–Trinajstić information content (AvgIpc) is 2.23. The summed E-state index contributed by atoms with van der Waals surface area (Å²) in [7, 11) is 5.18. The fourth-order valence-electron chi connectivity index (χ4n) is 0.834. The number of carbonyl (C=O) groups excluding carboxylic acids is 1. The van der Waals surface area contributed by atoms with Crippen molar-refractivity contribution in [2.24, 2.45) is 0 Å². The minimum absolute atomic E-state index is 0.117. The summed E-state index contributed by atoms with van der Waals surface area (Å²) in [5.41, 5.74) is 0. The van der Waals surface area contributed by atoms with Crippen LogP contribution < -0.4 is 5.32 Å². The van der Waals surface area contributed by atoms with Gasteiger partial charge in [-0.05, 0) is 6.42 Å². The zero-order valence-corrected chi connectivity index (χ0v) is 9.83. The average molecular weight is 219 g/mol. The van der Waals surface area contributed by atoms with Crippen LogP contribution in [0.4, 0.5) is 4.79 Å². The largest absolute Gasteiger partial charge is 0.453 e. The van der Waals surface area contributed by atoms with Crippen molar-refractivity contribution in [3.8, 4) is 0 Å². The molecular weight excluding hydrogens is 202 g/mol. The maximum absolute atomic E-state index is 10.6. The molecule has 0 heterocycles. The first-order valence-electron chi connectivity index (χ1n) is 4.35. The van der Waals surface area contributed by atoms with E-state index in [4.69, 9.17) is 9.47 Å². The van der Waals surface area contributed by atoms with Crippen LogP contribution in [0, 0.1) is 0 Å². The van der Waals surface area contributed by atoms with Crippen molar-refractivity contribution in [2.45, 2.75) is 18.4 Å². The molecule has 0 bridgehead atoms. The smallest absolute Gasteiger partial charge is 0.406 e. The Kier molecular flexibility index (Phi) is 8.60. The summed E-state index contributed by atoms with van der Waals surface area (Å²) in [4.78, 5) is 10.6. The molecule has 82 valence electrons. The van der Waals surface area contributed by atoms with Crippen LogP contribution in [-0.2, 0) is 14.2 Å². The van der Waals surface area contributed by atoms with Gasteiger partial charge in [0.1, 0.15) is 15.4 Å². The molecule has 0 rings (SSSR count). The van der Waals surface area contributed by atoms with E-state index in [1.807, 2.05) is 0 Å². The van der Waals surface area contributed by atoms with Gasteiger partial charge in [0.05, 0.1) is 7.11 Å². The van der Waals surface area contributed by atoms with Gasteiger partial charge in [0.15, 0.2) is 0 Å². The molecule has 0 aromatic heterocycles. The van der Waals surface area contributed by atoms with E-state index in [2.05, 4.69) is 10.1 Å². The molecule has 0 unspecified atom stereocenters. The lowest BCUT2D eigenvalue weighted by Crippen LogP contribution is -2.26. The lowest BCUT2D eigenvalue weighted by atomic mass is 10.5. The van der Waals surface area contributed by atoms with Gasteiger partial charge in [0.25, 0.3) is 0 Å². The maximum Gasteiger partial charge on any atom is 0.406 e. The first-order chi connectivity index (χ1) is 6.74. The molecule has 0 atom stereocenters. The van der Waals surface area contributed by atoms with Crippen molar-refractivity contribution < 1.29 is 19.0 Å². The Balaban J connectivity index is 3.24. The summed E-state index contributed by atoms with van der Waals surface area (Å²) in [6.45, 7) is 0.625. The Morgan fingerprint density at radius 3 is 2.50 bits per heavy atom. The highest BCUT2D eigenvalue weighted by Crippen LogP contribution is 1.95. The standard InChI is InChI=1S/C8H17NO4Si/c1-11-7(10)9-5-4-6-14-8(12-2)13-3/h8H,4-6H2,1-3H3,(H,9,10). The predicted octanol–water partition coefficient (Wildman–Crippen LogP) is 0.431. The van der Waals surface area contributed by atoms with Gasteiger partial charge in [-0.15, -0.1) is 0 Å². The fourth-order valence-corrected chi connectivity index (χ4v) is 1.78. The van der Waals surface area contributed by atoms with Crippen molar-refractivity contribution in [3.63, 3.8) is 0 Å². The highest BCUT2D eigenvalue weighted by Gasteiger charge is 2.05. The number of hydrogen-bond acceptors (Lipinski definition) is 4. The minimum Gasteiger partial charge on any atom is -0.453 e. The number of carbonyl (C=O) groups is 1. The van der Waals surface area contributed by atoms with E-state index in [0.29, 0.717) is 16.1 Å². The second-order valence-electron chi connectivity index (χ2n) is 2.53. The van der Waals surface area contributed by atoms with Crippen molar-refractivity contribution in [1.82, 2.24) is 5.32 Å². The third-order valence-electron chi connectivity index (χ3n) is 1.55. The number of methoxy groups -OCH3 is 3. The molecule has 2 radical (unpaired) electrons. The molecule has 1 amide bonds. The van der Waals surface area contributed by atoms with E-state index in [9.17, 15) is 4.79 Å². The second-order valence-corrected chi connectivity index (χ2v) is 3.91. The normalized spacial score (nSPS) is 10.3. The quantitative estimate of drug-likeness (QED) is 0.383. The van der Waals surface area contributed by atoms with Crippen molar-refractivity contribution >= 4 is 15.6 Å². The van der Waals surface area contributed by atoms with Gasteiger partial charge in [-0.2, -0.15) is 0 Å². The summed E-state index contributed by atoms with van der Waals surface area (Å²) in [6.07, 6.45) is 0.514. The van der Waals surface area contributed by atoms with Crippen molar-refractivity contribution in [1.29, 1.82) is 0 Å². The van der Waals surface area contributed by atoms with Gasteiger partial charge in [-0.1, -0.05) is 6.04 Å². The van der Waals surface area contributed by atoms with E-state index in [0.717, 1.165) is 12.5 Å². The molecule has 0 aromatic carbocycles. The van der Waals surface area contributed by atoms with E-state index in [1.54, 1.807) is 14.2 Å². The summed E-state index contributed by atoms with van der Waals surface area (Å²) in [5, 5.41) is 2.60. The first kappa shape index (κ1) is 13.4. The lowest BCUT2D eigenvalue weighted by molar-refractivity contribution is -0.0441. The van der Waals surface area contributed by atoms with E-state index < -0.39 is 0 Å². The Bertz CT molecular complexity index is 152. The first-order valence-corrected chi connectivity index (χ1v) is 5.63. The number of rotatable bonds is 7. The highest BCUT2D eigenvalue weighted by atomic mass is 28.2. The second kappa shape index (κ2) is 8.98. The van der Waals surface area contributed by atoms with Crippen LogP contribution in [0.15, 0.2) is 0 Å². The Morgan fingerprint density at radius 1 is 1.36 bits per heavy atom. The Morgan fingerprint density at radius 2 is 2.00 bits per heavy atom. The maximum atomic E-state index is 10.6. The molecule has 0 saturated heterocycles. The Labute approximate surface area is 86.9 Å². The van der Waals surface area contributed by atoms with E-state index in [-0.39, 0.29) is 12.0 Å². The molecule has 0 spiro atoms. The summed E-state index contributed by atoms with van der Waals surface area (Å²) in [5.74, 6) is -0.117. The molecule has 0 aliphatic rings. The zero-order chi connectivity index (χ0) is 10.8. The van der Waals surface area contributed by atoms with Crippen LogP contribution in [0.2, 0.25) is 6.04 Å². The Hall–Kier alpha value is -0.593. The van der Waals surface area contributed by atoms with Gasteiger partial charge < -0.3 is 19.5 Å². The van der Waals surface area contributed by atoms with Crippen LogP contribution in [0.5, 0.6) is 0 Å². The summed E-state index contributed by atoms with van der Waals surface area (Å²) >= 11 is 0. The lowest BCUT2D eigenvalue weighted by Gasteiger charge is -2.11. The van der Waals surface area contributed by atoms with Gasteiger partial charge in [0, 0.05) is 20.8 Å². The molecule has 5 nitrogen and oxygen atoms in total. The van der Waals surface area contributed by atoms with Gasteiger partial charge in [-0.3, -0.25) is 0 Å². The zero-order valence-electron chi connectivity index (χ0n) is 8.83. The van der Waals surface area contributed by atoms with Crippen LogP contribution in [0.1, 0.15) is 6.42 Å². The van der Waals surface area contributed by atoms with Crippen LogP contribution >= 0.6 is 0 Å². The fraction of sp³-hybridized carbons (Fsp3) is 0.875. The predicted molar refractivity (Wildman–Crippen MR) is 53.4 cm³/mol. The summed E-state index contributed by atoms with van der Waals surface area (Å²) < 4.78 is 14.5. The van der Waals surface area contributed by atoms with Crippen LogP contribution in [-0.4, -0.2) is 49.4 Å². The molecule has 0 aliphatic carbocycles. The minimum atomic E-state index is -0.386. The topological polar surface area (TPSA) is 56.8 Å². The van der Waals surface area contributed by atoms with Crippen molar-refractivity contribution in [3.05, 3.63) is 0 Å². The third-order valence-corrected chi connectivity index (χ3v) is 2.99. The highest BCUT2D eigenvalue weighted by molar-refractivity contribution is 6.36. The number of hydrogen-bond donors (Lipinski definition) is 1. The number of amides is 1. The van der Waals surface area contributed by atoms with E-state index in [1.165, 1.54) is 7.11 Å².